The number of hydrogen-bond donors (Lipinski definition) is 1. The lowest BCUT2D eigenvalue weighted by atomic mass is 10.0. The van der Waals surface area contributed by atoms with E-state index in [4.69, 9.17) is 0 Å². The van der Waals surface area contributed by atoms with Crippen LogP contribution in [0.1, 0.15) is 47.4 Å². The standard InChI is InChI=1S/C17H16BrNO2/c1-10(12-3-6-14(20)7-4-12)19-11(2)15-8-5-13(18)9-16(15)17(19)21/h3-11,20H,1-2H3. The van der Waals surface area contributed by atoms with Gasteiger partial charge in [0, 0.05) is 10.0 Å². The Bertz CT molecular complexity index is 696. The predicted octanol–water partition coefficient (Wildman–Crippen LogP) is 4.43. The first-order valence-corrected chi connectivity index (χ1v) is 7.69. The average Bonchev–Trinajstić information content (AvgIpc) is 2.70. The highest BCUT2D eigenvalue weighted by molar-refractivity contribution is 9.10. The monoisotopic (exact) mass is 345 g/mol. The number of carbonyl (C=O) groups is 1. The molecular formula is C17H16BrNO2. The zero-order valence-electron chi connectivity index (χ0n) is 11.9. The van der Waals surface area contributed by atoms with Gasteiger partial charge in [0.15, 0.2) is 0 Å². The number of hydrogen-bond acceptors (Lipinski definition) is 2. The number of rotatable bonds is 2. The third kappa shape index (κ3) is 2.33. The van der Waals surface area contributed by atoms with E-state index >= 15 is 0 Å². The molecule has 0 fully saturated rings. The zero-order valence-corrected chi connectivity index (χ0v) is 13.5. The van der Waals surface area contributed by atoms with Crippen LogP contribution in [0.3, 0.4) is 0 Å². The highest BCUT2D eigenvalue weighted by Crippen LogP contribution is 2.40. The van der Waals surface area contributed by atoms with Gasteiger partial charge in [0.2, 0.25) is 0 Å². The van der Waals surface area contributed by atoms with Gasteiger partial charge in [-0.15, -0.1) is 0 Å². The Hall–Kier alpha value is -1.81. The van der Waals surface area contributed by atoms with Crippen LogP contribution in [0.15, 0.2) is 46.9 Å². The summed E-state index contributed by atoms with van der Waals surface area (Å²) < 4.78 is 0.918. The maximum absolute atomic E-state index is 12.7. The molecule has 1 N–H and O–H groups in total. The smallest absolute Gasteiger partial charge is 0.255 e. The van der Waals surface area contributed by atoms with Gasteiger partial charge in [-0.05, 0) is 49.2 Å². The number of halogens is 1. The number of nitrogens with zero attached hydrogens (tertiary/aromatic N) is 1. The van der Waals surface area contributed by atoms with Crippen molar-refractivity contribution >= 4 is 21.8 Å². The van der Waals surface area contributed by atoms with Gasteiger partial charge < -0.3 is 10.0 Å². The normalized spacial score (nSPS) is 18.7. The molecule has 1 amide bonds. The molecule has 0 spiro atoms. The summed E-state index contributed by atoms with van der Waals surface area (Å²) in [5.41, 5.74) is 2.84. The molecule has 2 atom stereocenters. The molecule has 1 aliphatic rings. The predicted molar refractivity (Wildman–Crippen MR) is 85.2 cm³/mol. The average molecular weight is 346 g/mol. The largest absolute Gasteiger partial charge is 0.508 e. The number of amides is 1. The maximum atomic E-state index is 12.7. The highest BCUT2D eigenvalue weighted by Gasteiger charge is 2.37. The van der Waals surface area contributed by atoms with Crippen LogP contribution in [0.4, 0.5) is 0 Å². The fourth-order valence-electron chi connectivity index (χ4n) is 2.97. The van der Waals surface area contributed by atoms with Crippen LogP contribution in [0.25, 0.3) is 0 Å². The van der Waals surface area contributed by atoms with Crippen molar-refractivity contribution in [1.82, 2.24) is 4.90 Å². The number of fused-ring (bicyclic) bond motifs is 1. The van der Waals surface area contributed by atoms with E-state index in [9.17, 15) is 9.90 Å². The third-order valence-electron chi connectivity index (χ3n) is 4.14. The quantitative estimate of drug-likeness (QED) is 0.874. The van der Waals surface area contributed by atoms with Crippen LogP contribution >= 0.6 is 15.9 Å². The van der Waals surface area contributed by atoms with Crippen molar-refractivity contribution in [2.45, 2.75) is 25.9 Å². The first-order valence-electron chi connectivity index (χ1n) is 6.90. The molecule has 3 nitrogen and oxygen atoms in total. The second-order valence-corrected chi connectivity index (χ2v) is 6.30. The van der Waals surface area contributed by atoms with Crippen LogP contribution in [-0.4, -0.2) is 15.9 Å². The van der Waals surface area contributed by atoms with E-state index in [2.05, 4.69) is 22.9 Å². The molecule has 0 aliphatic carbocycles. The first kappa shape index (κ1) is 14.1. The fraction of sp³-hybridized carbons (Fsp3) is 0.235. The van der Waals surface area contributed by atoms with Gasteiger partial charge in [0.05, 0.1) is 12.1 Å². The second-order valence-electron chi connectivity index (χ2n) is 5.39. The van der Waals surface area contributed by atoms with Crippen LogP contribution in [0, 0.1) is 0 Å². The Balaban J connectivity index is 1.97. The molecule has 0 aromatic heterocycles. The lowest BCUT2D eigenvalue weighted by Gasteiger charge is -2.29. The highest BCUT2D eigenvalue weighted by atomic mass is 79.9. The first-order chi connectivity index (χ1) is 9.99. The van der Waals surface area contributed by atoms with Crippen LogP contribution in [-0.2, 0) is 0 Å². The molecule has 3 rings (SSSR count). The van der Waals surface area contributed by atoms with Crippen molar-refractivity contribution < 1.29 is 9.90 Å². The second kappa shape index (κ2) is 5.19. The third-order valence-corrected chi connectivity index (χ3v) is 4.63. The van der Waals surface area contributed by atoms with Crippen molar-refractivity contribution in [1.29, 1.82) is 0 Å². The summed E-state index contributed by atoms with van der Waals surface area (Å²) >= 11 is 3.42. The number of aromatic hydroxyl groups is 1. The number of carbonyl (C=O) groups excluding carboxylic acids is 1. The van der Waals surface area contributed by atoms with Gasteiger partial charge in [-0.1, -0.05) is 34.1 Å². The van der Waals surface area contributed by atoms with Gasteiger partial charge in [-0.25, -0.2) is 0 Å². The van der Waals surface area contributed by atoms with E-state index in [0.717, 1.165) is 21.2 Å². The number of phenolic OH excluding ortho intramolecular Hbond substituents is 1. The summed E-state index contributed by atoms with van der Waals surface area (Å²) in [6, 6.07) is 12.9. The SMILES string of the molecule is CC(c1ccc(O)cc1)N1C(=O)c2cc(Br)ccc2C1C. The Kier molecular flexibility index (Phi) is 3.49. The van der Waals surface area contributed by atoms with E-state index in [1.54, 1.807) is 12.1 Å². The molecule has 2 aromatic carbocycles. The fourth-order valence-corrected chi connectivity index (χ4v) is 3.33. The van der Waals surface area contributed by atoms with E-state index in [1.165, 1.54) is 0 Å². The van der Waals surface area contributed by atoms with Crippen molar-refractivity contribution in [3.05, 3.63) is 63.6 Å². The molecule has 1 heterocycles. The van der Waals surface area contributed by atoms with E-state index in [0.29, 0.717) is 0 Å². The van der Waals surface area contributed by atoms with Gasteiger partial charge in [-0.2, -0.15) is 0 Å². The van der Waals surface area contributed by atoms with E-state index in [1.807, 2.05) is 42.2 Å². The molecule has 0 radical (unpaired) electrons. The molecule has 0 saturated heterocycles. The number of phenols is 1. The van der Waals surface area contributed by atoms with Crippen LogP contribution < -0.4 is 0 Å². The van der Waals surface area contributed by atoms with Gasteiger partial charge in [0.1, 0.15) is 5.75 Å². The summed E-state index contributed by atoms with van der Waals surface area (Å²) in [5.74, 6) is 0.290. The molecule has 2 aromatic rings. The number of benzene rings is 2. The molecule has 108 valence electrons. The topological polar surface area (TPSA) is 40.5 Å². The van der Waals surface area contributed by atoms with Crippen molar-refractivity contribution in [3.63, 3.8) is 0 Å². The molecule has 0 bridgehead atoms. The molecule has 1 aliphatic heterocycles. The molecule has 21 heavy (non-hydrogen) atoms. The summed E-state index contributed by atoms with van der Waals surface area (Å²) in [5, 5.41) is 9.39. The summed E-state index contributed by atoms with van der Waals surface area (Å²) in [6.07, 6.45) is 0. The summed E-state index contributed by atoms with van der Waals surface area (Å²) in [4.78, 5) is 14.6. The molecule has 0 saturated carbocycles. The lowest BCUT2D eigenvalue weighted by Crippen LogP contribution is -2.29. The molecule has 2 unspecified atom stereocenters. The summed E-state index contributed by atoms with van der Waals surface area (Å²) in [7, 11) is 0. The maximum Gasteiger partial charge on any atom is 0.255 e. The molecular weight excluding hydrogens is 330 g/mol. The van der Waals surface area contributed by atoms with E-state index in [-0.39, 0.29) is 23.7 Å². The van der Waals surface area contributed by atoms with Crippen LogP contribution in [0.2, 0.25) is 0 Å². The van der Waals surface area contributed by atoms with Crippen molar-refractivity contribution in [3.8, 4) is 5.75 Å². The van der Waals surface area contributed by atoms with Gasteiger partial charge in [-0.3, -0.25) is 4.79 Å². The van der Waals surface area contributed by atoms with Crippen molar-refractivity contribution in [2.24, 2.45) is 0 Å². The Morgan fingerprint density at radius 2 is 1.86 bits per heavy atom. The van der Waals surface area contributed by atoms with Gasteiger partial charge in [0.25, 0.3) is 5.91 Å². The minimum Gasteiger partial charge on any atom is -0.508 e. The zero-order chi connectivity index (χ0) is 15.1. The lowest BCUT2D eigenvalue weighted by molar-refractivity contribution is 0.0659. The molecule has 4 heteroatoms. The minimum atomic E-state index is -0.0423. The van der Waals surface area contributed by atoms with E-state index < -0.39 is 0 Å². The summed E-state index contributed by atoms with van der Waals surface area (Å²) in [6.45, 7) is 4.07. The van der Waals surface area contributed by atoms with Crippen molar-refractivity contribution in [2.75, 3.05) is 0 Å². The Morgan fingerprint density at radius 3 is 2.52 bits per heavy atom. The van der Waals surface area contributed by atoms with Gasteiger partial charge >= 0.3 is 0 Å². The Morgan fingerprint density at radius 1 is 1.19 bits per heavy atom. The van der Waals surface area contributed by atoms with Crippen LogP contribution in [0.5, 0.6) is 5.75 Å². The minimum absolute atomic E-state index is 0.0423. The Labute approximate surface area is 132 Å².